The standard InChI is InChI=1S/C16H22N2O3/c1-3-21-16(20)18-10-8-13(9-11-18)15(19)17-14-7-5-4-6-12(14)2/h4-7,13H,3,8-11H2,1-2H3,(H,17,19). The third-order valence-electron chi connectivity index (χ3n) is 3.79. The molecule has 5 nitrogen and oxygen atoms in total. The molecular formula is C16H22N2O3. The summed E-state index contributed by atoms with van der Waals surface area (Å²) in [5.74, 6) is -0.0110. The second-order valence-electron chi connectivity index (χ2n) is 5.26. The zero-order chi connectivity index (χ0) is 15.2. The molecule has 1 aliphatic rings. The van der Waals surface area contributed by atoms with Crippen LogP contribution in [0.5, 0.6) is 0 Å². The monoisotopic (exact) mass is 290 g/mol. The number of aryl methyl sites for hydroxylation is 1. The molecule has 0 bridgehead atoms. The van der Waals surface area contributed by atoms with Gasteiger partial charge in [-0.3, -0.25) is 4.79 Å². The molecule has 5 heteroatoms. The van der Waals surface area contributed by atoms with Gasteiger partial charge in [-0.25, -0.2) is 4.79 Å². The number of piperidine rings is 1. The van der Waals surface area contributed by atoms with E-state index in [1.54, 1.807) is 11.8 Å². The third-order valence-corrected chi connectivity index (χ3v) is 3.79. The summed E-state index contributed by atoms with van der Waals surface area (Å²) in [6, 6.07) is 7.73. The average molecular weight is 290 g/mol. The molecule has 1 aliphatic heterocycles. The molecule has 2 amide bonds. The van der Waals surface area contributed by atoms with Gasteiger partial charge in [0.2, 0.25) is 5.91 Å². The SMILES string of the molecule is CCOC(=O)N1CCC(C(=O)Nc2ccccc2C)CC1. The van der Waals surface area contributed by atoms with E-state index < -0.39 is 0 Å². The van der Waals surface area contributed by atoms with E-state index in [1.165, 1.54) is 0 Å². The van der Waals surface area contributed by atoms with Gasteiger partial charge in [-0.1, -0.05) is 18.2 Å². The molecule has 21 heavy (non-hydrogen) atoms. The van der Waals surface area contributed by atoms with Gasteiger partial charge in [0, 0.05) is 24.7 Å². The maximum Gasteiger partial charge on any atom is 0.409 e. The number of nitrogens with one attached hydrogen (secondary N) is 1. The summed E-state index contributed by atoms with van der Waals surface area (Å²) in [6.45, 7) is 5.29. The molecular weight excluding hydrogens is 268 g/mol. The van der Waals surface area contributed by atoms with Crippen LogP contribution < -0.4 is 5.32 Å². The van der Waals surface area contributed by atoms with Crippen molar-refractivity contribution in [3.05, 3.63) is 29.8 Å². The number of rotatable bonds is 3. The van der Waals surface area contributed by atoms with Gasteiger partial charge in [0.05, 0.1) is 6.61 Å². The lowest BCUT2D eigenvalue weighted by atomic mass is 9.96. The second kappa shape index (κ2) is 7.11. The summed E-state index contributed by atoms with van der Waals surface area (Å²) in [5.41, 5.74) is 1.91. The van der Waals surface area contributed by atoms with Crippen LogP contribution in [-0.2, 0) is 9.53 Å². The van der Waals surface area contributed by atoms with Crippen LogP contribution in [0.4, 0.5) is 10.5 Å². The van der Waals surface area contributed by atoms with Crippen molar-refractivity contribution in [1.29, 1.82) is 0 Å². The minimum Gasteiger partial charge on any atom is -0.450 e. The highest BCUT2D eigenvalue weighted by Gasteiger charge is 2.28. The van der Waals surface area contributed by atoms with Crippen molar-refractivity contribution >= 4 is 17.7 Å². The largest absolute Gasteiger partial charge is 0.450 e. The summed E-state index contributed by atoms with van der Waals surface area (Å²) in [7, 11) is 0. The molecule has 114 valence electrons. The predicted octanol–water partition coefficient (Wildman–Crippen LogP) is 2.80. The number of carbonyl (C=O) groups is 2. The van der Waals surface area contributed by atoms with Crippen LogP contribution in [0.3, 0.4) is 0 Å². The van der Waals surface area contributed by atoms with E-state index in [0.717, 1.165) is 11.3 Å². The van der Waals surface area contributed by atoms with Crippen LogP contribution in [0, 0.1) is 12.8 Å². The molecule has 0 unspecified atom stereocenters. The zero-order valence-corrected chi connectivity index (χ0v) is 12.6. The average Bonchev–Trinajstić information content (AvgIpc) is 2.50. The van der Waals surface area contributed by atoms with Crippen LogP contribution in [-0.4, -0.2) is 36.6 Å². The Labute approximate surface area is 125 Å². The summed E-state index contributed by atoms with van der Waals surface area (Å²) in [6.07, 6.45) is 1.07. The van der Waals surface area contributed by atoms with E-state index in [-0.39, 0.29) is 17.9 Å². The molecule has 1 heterocycles. The minimum absolute atomic E-state index is 0.0350. The van der Waals surface area contributed by atoms with Crippen molar-refractivity contribution in [3.8, 4) is 0 Å². The summed E-state index contributed by atoms with van der Waals surface area (Å²) in [5, 5.41) is 2.98. The molecule has 0 saturated carbocycles. The van der Waals surface area contributed by atoms with Crippen LogP contribution in [0.15, 0.2) is 24.3 Å². The molecule has 0 atom stereocenters. The van der Waals surface area contributed by atoms with Crippen molar-refractivity contribution in [2.24, 2.45) is 5.92 Å². The number of nitrogens with zero attached hydrogens (tertiary/aromatic N) is 1. The fourth-order valence-corrected chi connectivity index (χ4v) is 2.49. The first-order chi connectivity index (χ1) is 10.1. The van der Waals surface area contributed by atoms with Crippen LogP contribution >= 0.6 is 0 Å². The van der Waals surface area contributed by atoms with Crippen molar-refractivity contribution in [2.75, 3.05) is 25.0 Å². The van der Waals surface area contributed by atoms with Crippen LogP contribution in [0.1, 0.15) is 25.3 Å². The quantitative estimate of drug-likeness (QED) is 0.931. The molecule has 0 radical (unpaired) electrons. The van der Waals surface area contributed by atoms with Gasteiger partial charge in [-0.15, -0.1) is 0 Å². The number of hydrogen-bond donors (Lipinski definition) is 1. The first-order valence-corrected chi connectivity index (χ1v) is 7.40. The fraction of sp³-hybridized carbons (Fsp3) is 0.500. The van der Waals surface area contributed by atoms with Gasteiger partial charge in [0.1, 0.15) is 0 Å². The lowest BCUT2D eigenvalue weighted by Crippen LogP contribution is -2.41. The van der Waals surface area contributed by atoms with Crippen molar-refractivity contribution in [3.63, 3.8) is 0 Å². The van der Waals surface area contributed by atoms with Gasteiger partial charge in [-0.05, 0) is 38.3 Å². The number of ether oxygens (including phenoxy) is 1. The van der Waals surface area contributed by atoms with Crippen LogP contribution in [0.25, 0.3) is 0 Å². The van der Waals surface area contributed by atoms with E-state index in [9.17, 15) is 9.59 Å². The van der Waals surface area contributed by atoms with Gasteiger partial charge in [0.15, 0.2) is 0 Å². The third kappa shape index (κ3) is 3.97. The zero-order valence-electron chi connectivity index (χ0n) is 12.6. The Kier molecular flexibility index (Phi) is 5.20. The fourth-order valence-electron chi connectivity index (χ4n) is 2.49. The Balaban J connectivity index is 1.86. The molecule has 0 aromatic heterocycles. The van der Waals surface area contributed by atoms with Gasteiger partial charge >= 0.3 is 6.09 Å². The number of likely N-dealkylation sites (tertiary alicyclic amines) is 1. The molecule has 0 aliphatic carbocycles. The normalized spacial score (nSPS) is 15.6. The highest BCUT2D eigenvalue weighted by molar-refractivity contribution is 5.93. The Hall–Kier alpha value is -2.04. The summed E-state index contributed by atoms with van der Waals surface area (Å²) >= 11 is 0. The summed E-state index contributed by atoms with van der Waals surface area (Å²) < 4.78 is 4.97. The molecule has 0 spiro atoms. The van der Waals surface area contributed by atoms with Gasteiger partial charge < -0.3 is 15.0 Å². The van der Waals surface area contributed by atoms with Gasteiger partial charge in [-0.2, -0.15) is 0 Å². The number of benzene rings is 1. The number of anilines is 1. The number of amides is 2. The first-order valence-electron chi connectivity index (χ1n) is 7.40. The molecule has 1 aromatic rings. The van der Waals surface area contributed by atoms with Crippen molar-refractivity contribution in [1.82, 2.24) is 4.90 Å². The molecule has 1 saturated heterocycles. The molecule has 2 rings (SSSR count). The van der Waals surface area contributed by atoms with Crippen LogP contribution in [0.2, 0.25) is 0 Å². The molecule has 1 aromatic carbocycles. The smallest absolute Gasteiger partial charge is 0.409 e. The van der Waals surface area contributed by atoms with Crippen molar-refractivity contribution in [2.45, 2.75) is 26.7 Å². The Morgan fingerprint density at radius 2 is 1.95 bits per heavy atom. The Bertz CT molecular complexity index is 508. The minimum atomic E-state index is -0.282. The lowest BCUT2D eigenvalue weighted by molar-refractivity contribution is -0.121. The Morgan fingerprint density at radius 3 is 2.57 bits per heavy atom. The highest BCUT2D eigenvalue weighted by Crippen LogP contribution is 2.21. The lowest BCUT2D eigenvalue weighted by Gasteiger charge is -2.30. The van der Waals surface area contributed by atoms with Crippen molar-refractivity contribution < 1.29 is 14.3 Å². The summed E-state index contributed by atoms with van der Waals surface area (Å²) in [4.78, 5) is 25.6. The second-order valence-corrected chi connectivity index (χ2v) is 5.26. The van der Waals surface area contributed by atoms with E-state index in [4.69, 9.17) is 4.74 Å². The number of para-hydroxylation sites is 1. The highest BCUT2D eigenvalue weighted by atomic mass is 16.6. The predicted molar refractivity (Wildman–Crippen MR) is 81.1 cm³/mol. The first kappa shape index (κ1) is 15.4. The Morgan fingerprint density at radius 1 is 1.29 bits per heavy atom. The number of hydrogen-bond acceptors (Lipinski definition) is 3. The van der Waals surface area contributed by atoms with E-state index in [2.05, 4.69) is 5.32 Å². The maximum atomic E-state index is 12.3. The van der Waals surface area contributed by atoms with E-state index in [0.29, 0.717) is 32.5 Å². The topological polar surface area (TPSA) is 58.6 Å². The maximum absolute atomic E-state index is 12.3. The van der Waals surface area contributed by atoms with E-state index in [1.807, 2.05) is 31.2 Å². The molecule has 1 fully saturated rings. The van der Waals surface area contributed by atoms with E-state index >= 15 is 0 Å². The number of carbonyl (C=O) groups excluding carboxylic acids is 2. The molecule has 1 N–H and O–H groups in total. The van der Waals surface area contributed by atoms with Gasteiger partial charge in [0.25, 0.3) is 0 Å².